The summed E-state index contributed by atoms with van der Waals surface area (Å²) < 4.78 is 0. The maximum atomic E-state index is 9.82. The highest BCUT2D eigenvalue weighted by molar-refractivity contribution is 5.69. The first-order chi connectivity index (χ1) is 3.55. The van der Waals surface area contributed by atoms with E-state index in [0.29, 0.717) is 0 Å². The predicted molar refractivity (Wildman–Crippen MR) is 25.0 cm³/mol. The lowest BCUT2D eigenvalue weighted by Gasteiger charge is -2.05. The second-order valence-electron chi connectivity index (χ2n) is 1.54. The first-order valence-corrected chi connectivity index (χ1v) is 2.14. The van der Waals surface area contributed by atoms with Gasteiger partial charge in [-0.15, -0.1) is 0 Å². The van der Waals surface area contributed by atoms with Crippen LogP contribution in [0, 0.1) is 5.92 Å². The first-order valence-electron chi connectivity index (χ1n) is 2.14. The van der Waals surface area contributed by atoms with Crippen molar-refractivity contribution in [2.24, 2.45) is 5.92 Å². The van der Waals surface area contributed by atoms with Crippen molar-refractivity contribution >= 4 is 5.97 Å². The van der Waals surface area contributed by atoms with Gasteiger partial charge in [-0.05, 0) is 6.92 Å². The third-order valence-electron chi connectivity index (χ3n) is 0.837. The molecule has 0 rings (SSSR count). The van der Waals surface area contributed by atoms with E-state index in [-0.39, 0.29) is 0 Å². The number of aliphatic carboxylic acids is 1. The largest absolute Gasteiger partial charge is 0.481 e. The quantitative estimate of drug-likeness (QED) is 0.409. The molecule has 48 valence electrons. The van der Waals surface area contributed by atoms with Gasteiger partial charge in [0, 0.05) is 0 Å². The zero-order valence-corrected chi connectivity index (χ0v) is 4.40. The van der Waals surface area contributed by atoms with E-state index >= 15 is 0 Å². The summed E-state index contributed by atoms with van der Waals surface area (Å²) in [5.74, 6) is -2.31. The Kier molecular flexibility index (Phi) is 2.44. The highest BCUT2D eigenvalue weighted by Gasteiger charge is 2.17. The highest BCUT2D eigenvalue weighted by Crippen LogP contribution is 1.97. The molecule has 3 N–H and O–H groups in total. The number of carboxylic acids is 1. The van der Waals surface area contributed by atoms with Crippen LogP contribution in [0.5, 0.6) is 0 Å². The van der Waals surface area contributed by atoms with Gasteiger partial charge in [0.25, 0.3) is 0 Å². The van der Waals surface area contributed by atoms with Crippen molar-refractivity contribution in [3.05, 3.63) is 0 Å². The van der Waals surface area contributed by atoms with Crippen LogP contribution < -0.4 is 0 Å². The average Bonchev–Trinajstić information content (AvgIpc) is 1.64. The smallest absolute Gasteiger partial charge is 0.311 e. The van der Waals surface area contributed by atoms with Gasteiger partial charge < -0.3 is 15.3 Å². The van der Waals surface area contributed by atoms with Gasteiger partial charge in [0.1, 0.15) is 5.92 Å². The van der Waals surface area contributed by atoms with Gasteiger partial charge >= 0.3 is 5.97 Å². The topological polar surface area (TPSA) is 77.8 Å². The van der Waals surface area contributed by atoms with Gasteiger partial charge in [0.2, 0.25) is 0 Å². The van der Waals surface area contributed by atoms with Crippen LogP contribution in [-0.2, 0) is 4.79 Å². The second-order valence-corrected chi connectivity index (χ2v) is 1.54. The molecule has 0 aliphatic rings. The van der Waals surface area contributed by atoms with Crippen LogP contribution in [0.15, 0.2) is 0 Å². The summed E-state index contributed by atoms with van der Waals surface area (Å²) in [5, 5.41) is 24.4. The van der Waals surface area contributed by atoms with Crippen LogP contribution in [0.3, 0.4) is 0 Å². The van der Waals surface area contributed by atoms with Crippen LogP contribution in [0.1, 0.15) is 6.92 Å². The number of hydrogen-bond donors (Lipinski definition) is 3. The van der Waals surface area contributed by atoms with Gasteiger partial charge in [-0.25, -0.2) is 0 Å². The molecule has 1 unspecified atom stereocenters. The summed E-state index contributed by atoms with van der Waals surface area (Å²) in [4.78, 5) is 9.82. The van der Waals surface area contributed by atoms with Crippen molar-refractivity contribution < 1.29 is 20.1 Å². The lowest BCUT2D eigenvalue weighted by atomic mass is 10.2. The molecule has 0 spiro atoms. The Balaban J connectivity index is 3.64. The van der Waals surface area contributed by atoms with E-state index in [1.54, 1.807) is 0 Å². The minimum absolute atomic E-state index is 1.10. The summed E-state index contributed by atoms with van der Waals surface area (Å²) in [6.45, 7) is 1.22. The van der Waals surface area contributed by atoms with E-state index < -0.39 is 18.2 Å². The standard InChI is InChI=1S/C4H8O4/c1-2(3(5)6)4(7)8/h2-3,5-6H,1H3,(H,7,8). The lowest BCUT2D eigenvalue weighted by Crippen LogP contribution is -2.24. The van der Waals surface area contributed by atoms with E-state index in [4.69, 9.17) is 15.3 Å². The maximum Gasteiger partial charge on any atom is 0.311 e. The summed E-state index contributed by atoms with van der Waals surface area (Å²) in [6.07, 6.45) is -1.76. The fourth-order valence-corrected chi connectivity index (χ4v) is 0.128. The molecule has 0 radical (unpaired) electrons. The molecule has 0 aromatic carbocycles. The molecule has 4 nitrogen and oxygen atoms in total. The Hall–Kier alpha value is -0.610. The van der Waals surface area contributed by atoms with Crippen molar-refractivity contribution in [1.82, 2.24) is 0 Å². The normalized spacial score (nSPS) is 14.0. The van der Waals surface area contributed by atoms with Gasteiger partial charge in [-0.3, -0.25) is 4.79 Å². The van der Waals surface area contributed by atoms with E-state index in [1.807, 2.05) is 0 Å². The van der Waals surface area contributed by atoms with E-state index in [0.717, 1.165) is 0 Å². The zero-order chi connectivity index (χ0) is 6.73. The summed E-state index contributed by atoms with van der Waals surface area (Å²) in [6, 6.07) is 0. The summed E-state index contributed by atoms with van der Waals surface area (Å²) >= 11 is 0. The summed E-state index contributed by atoms with van der Waals surface area (Å²) in [5.41, 5.74) is 0. The Morgan fingerprint density at radius 3 is 1.88 bits per heavy atom. The van der Waals surface area contributed by atoms with Crippen LogP contribution in [0.25, 0.3) is 0 Å². The van der Waals surface area contributed by atoms with Gasteiger partial charge in [0.15, 0.2) is 6.29 Å². The third kappa shape index (κ3) is 1.90. The maximum absolute atomic E-state index is 9.82. The Bertz CT molecular complexity index is 88.0. The molecule has 0 saturated carbocycles. The number of hydrogen-bond acceptors (Lipinski definition) is 3. The molecule has 0 saturated heterocycles. The second kappa shape index (κ2) is 2.64. The minimum atomic E-state index is -1.76. The third-order valence-corrected chi connectivity index (χ3v) is 0.837. The van der Waals surface area contributed by atoms with E-state index in [1.165, 1.54) is 6.92 Å². The van der Waals surface area contributed by atoms with Crippen LogP contribution >= 0.6 is 0 Å². The summed E-state index contributed by atoms with van der Waals surface area (Å²) in [7, 11) is 0. The predicted octanol–water partition coefficient (Wildman–Crippen LogP) is -0.982. The molecule has 0 amide bonds. The molecule has 0 heterocycles. The molecule has 0 aliphatic heterocycles. The minimum Gasteiger partial charge on any atom is -0.481 e. The van der Waals surface area contributed by atoms with Crippen molar-refractivity contribution in [3.63, 3.8) is 0 Å². The highest BCUT2D eigenvalue weighted by atomic mass is 16.5. The van der Waals surface area contributed by atoms with Crippen molar-refractivity contribution in [3.8, 4) is 0 Å². The van der Waals surface area contributed by atoms with Crippen molar-refractivity contribution in [2.45, 2.75) is 13.2 Å². The SMILES string of the molecule is CC(C(=O)O)C(O)O. The monoisotopic (exact) mass is 120 g/mol. The number of aliphatic hydroxyl groups is 2. The number of carboxylic acid groups (broad SMARTS) is 1. The zero-order valence-electron chi connectivity index (χ0n) is 4.40. The molecule has 1 atom stereocenters. The van der Waals surface area contributed by atoms with Gasteiger partial charge in [-0.1, -0.05) is 0 Å². The van der Waals surface area contributed by atoms with Gasteiger partial charge in [-0.2, -0.15) is 0 Å². The molecule has 0 bridgehead atoms. The van der Waals surface area contributed by atoms with E-state index in [9.17, 15) is 4.79 Å². The van der Waals surface area contributed by atoms with E-state index in [2.05, 4.69) is 0 Å². The number of rotatable bonds is 2. The molecule has 0 aliphatic carbocycles. The Morgan fingerprint density at radius 2 is 1.88 bits per heavy atom. The average molecular weight is 120 g/mol. The van der Waals surface area contributed by atoms with Gasteiger partial charge in [0.05, 0.1) is 0 Å². The molecule has 0 aromatic rings. The van der Waals surface area contributed by atoms with Crippen LogP contribution in [0.4, 0.5) is 0 Å². The van der Waals surface area contributed by atoms with Crippen molar-refractivity contribution in [1.29, 1.82) is 0 Å². The fraction of sp³-hybridized carbons (Fsp3) is 0.750. The molecule has 0 fully saturated rings. The van der Waals surface area contributed by atoms with Crippen LogP contribution in [-0.4, -0.2) is 27.6 Å². The van der Waals surface area contributed by atoms with Crippen molar-refractivity contribution in [2.75, 3.05) is 0 Å². The number of aliphatic hydroxyl groups excluding tert-OH is 1. The molecule has 0 aromatic heterocycles. The number of carbonyl (C=O) groups is 1. The molecule has 8 heavy (non-hydrogen) atoms. The first kappa shape index (κ1) is 7.39. The molecule has 4 heteroatoms. The Morgan fingerprint density at radius 1 is 1.50 bits per heavy atom. The fourth-order valence-electron chi connectivity index (χ4n) is 0.128. The Labute approximate surface area is 46.4 Å². The van der Waals surface area contributed by atoms with Crippen LogP contribution in [0.2, 0.25) is 0 Å². The molecular formula is C4H8O4. The molecular weight excluding hydrogens is 112 g/mol. The lowest BCUT2D eigenvalue weighted by molar-refractivity contribution is -0.156.